The molecular formula is C43H75NO7. The van der Waals surface area contributed by atoms with Gasteiger partial charge in [-0.2, -0.15) is 0 Å². The zero-order valence-electron chi connectivity index (χ0n) is 33.3. The van der Waals surface area contributed by atoms with Crippen molar-refractivity contribution in [1.29, 1.82) is 0 Å². The molecule has 0 spiro atoms. The van der Waals surface area contributed by atoms with E-state index in [9.17, 15) is 19.5 Å². The van der Waals surface area contributed by atoms with Gasteiger partial charge in [-0.3, -0.25) is 9.59 Å². The van der Waals surface area contributed by atoms with Gasteiger partial charge in [0.15, 0.2) is 6.10 Å². The van der Waals surface area contributed by atoms with E-state index in [1.165, 1.54) is 64.2 Å². The maximum Gasteiger partial charge on any atom is 0.306 e. The number of carboxylic acids is 1. The number of likely N-dealkylation sites (N-methyl/N-ethyl adjacent to an activating group) is 1. The number of carbonyl (C=O) groups excluding carboxylic acids is 3. The Morgan fingerprint density at radius 3 is 1.73 bits per heavy atom. The molecule has 0 aromatic rings. The van der Waals surface area contributed by atoms with Gasteiger partial charge in [-0.15, -0.1) is 0 Å². The Morgan fingerprint density at radius 2 is 1.14 bits per heavy atom. The van der Waals surface area contributed by atoms with Crippen molar-refractivity contribution in [1.82, 2.24) is 0 Å². The first kappa shape index (κ1) is 48.3. The number of hydrogen-bond donors (Lipinski definition) is 0. The highest BCUT2D eigenvalue weighted by atomic mass is 16.6. The molecular weight excluding hydrogens is 642 g/mol. The van der Waals surface area contributed by atoms with Crippen LogP contribution in [0.25, 0.3) is 0 Å². The van der Waals surface area contributed by atoms with E-state index in [4.69, 9.17) is 14.2 Å². The Balaban J connectivity index is 4.23. The van der Waals surface area contributed by atoms with Crippen LogP contribution in [0, 0.1) is 0 Å². The summed E-state index contributed by atoms with van der Waals surface area (Å²) in [7, 11) is 5.38. The average molecular weight is 718 g/mol. The largest absolute Gasteiger partial charge is 0.544 e. The molecule has 2 unspecified atom stereocenters. The lowest BCUT2D eigenvalue weighted by Gasteiger charge is -2.34. The minimum atomic E-state index is -1.13. The van der Waals surface area contributed by atoms with E-state index in [1.807, 2.05) is 6.08 Å². The molecule has 8 heteroatoms. The van der Waals surface area contributed by atoms with E-state index < -0.39 is 18.1 Å². The number of unbranched alkanes of at least 4 members (excludes halogenated alkanes) is 13. The lowest BCUT2D eigenvalue weighted by Crippen LogP contribution is -2.55. The summed E-state index contributed by atoms with van der Waals surface area (Å²) >= 11 is 0. The fourth-order valence-electron chi connectivity index (χ4n) is 5.57. The monoisotopic (exact) mass is 718 g/mol. The average Bonchev–Trinajstić information content (AvgIpc) is 3.08. The smallest absolute Gasteiger partial charge is 0.306 e. The van der Waals surface area contributed by atoms with Gasteiger partial charge in [0, 0.05) is 19.3 Å². The molecule has 0 saturated heterocycles. The van der Waals surface area contributed by atoms with Crippen molar-refractivity contribution in [2.24, 2.45) is 0 Å². The quantitative estimate of drug-likeness (QED) is 0.0279. The zero-order chi connectivity index (χ0) is 37.8. The number of ether oxygens (including phenoxy) is 3. The molecule has 2 atom stereocenters. The summed E-state index contributed by atoms with van der Waals surface area (Å²) in [5.74, 6) is -1.82. The highest BCUT2D eigenvalue weighted by Gasteiger charge is 2.25. The van der Waals surface area contributed by atoms with Crippen molar-refractivity contribution in [3.05, 3.63) is 48.6 Å². The van der Waals surface area contributed by atoms with Gasteiger partial charge in [-0.05, 0) is 57.8 Å². The molecule has 0 aliphatic rings. The van der Waals surface area contributed by atoms with Crippen LogP contribution in [0.1, 0.15) is 155 Å². The summed E-state index contributed by atoms with van der Waals surface area (Å²) in [4.78, 5) is 36.5. The minimum Gasteiger partial charge on any atom is -0.544 e. The van der Waals surface area contributed by atoms with E-state index in [0.717, 1.165) is 51.4 Å². The van der Waals surface area contributed by atoms with E-state index in [1.54, 1.807) is 21.1 Å². The zero-order valence-corrected chi connectivity index (χ0v) is 33.3. The summed E-state index contributed by atoms with van der Waals surface area (Å²) in [6.07, 6.45) is 38.8. The fraction of sp³-hybridized carbons (Fsp3) is 0.744. The standard InChI is InChI=1S/C43H75NO7/c1-6-8-10-12-14-15-16-17-18-19-20-21-22-23-24-25-26-28-29-31-33-41(45)50-38-39(37-49-36-35-40(43(47)48)44(3,4)5)51-42(46)34-32-30-27-13-11-9-7-2/h8,10,14-15,17-18,27,30,39-40H,6-7,9,11-13,16,19-26,28-29,31-38H2,1-5H3/b10-8+,15-14+,18-17+,30-27+. The number of quaternary nitrogens is 1. The van der Waals surface area contributed by atoms with Gasteiger partial charge in [0.25, 0.3) is 0 Å². The topological polar surface area (TPSA) is 102 Å². The molecule has 294 valence electrons. The van der Waals surface area contributed by atoms with Crippen LogP contribution in [0.15, 0.2) is 48.6 Å². The molecule has 0 rings (SSSR count). The van der Waals surface area contributed by atoms with Crippen molar-refractivity contribution >= 4 is 17.9 Å². The summed E-state index contributed by atoms with van der Waals surface area (Å²) in [5, 5.41) is 11.6. The number of allylic oxidation sites excluding steroid dienone is 8. The fourth-order valence-corrected chi connectivity index (χ4v) is 5.57. The summed E-state index contributed by atoms with van der Waals surface area (Å²) in [5.41, 5.74) is 0. The van der Waals surface area contributed by atoms with Crippen LogP contribution in [0.2, 0.25) is 0 Å². The molecule has 0 bridgehead atoms. The minimum absolute atomic E-state index is 0.0231. The number of rotatable bonds is 35. The molecule has 0 aromatic heterocycles. The molecule has 0 N–H and O–H groups in total. The highest BCUT2D eigenvalue weighted by molar-refractivity contribution is 5.70. The maximum absolute atomic E-state index is 12.5. The predicted molar refractivity (Wildman–Crippen MR) is 208 cm³/mol. The van der Waals surface area contributed by atoms with Crippen LogP contribution in [-0.2, 0) is 28.6 Å². The van der Waals surface area contributed by atoms with Gasteiger partial charge in [-0.25, -0.2) is 0 Å². The first-order valence-corrected chi connectivity index (χ1v) is 20.2. The van der Waals surface area contributed by atoms with Gasteiger partial charge in [0.1, 0.15) is 12.6 Å². The van der Waals surface area contributed by atoms with Crippen molar-refractivity contribution < 1.29 is 38.2 Å². The summed E-state index contributed by atoms with van der Waals surface area (Å²) in [6.45, 7) is 4.42. The van der Waals surface area contributed by atoms with E-state index in [2.05, 4.69) is 56.4 Å². The normalized spacial score (nSPS) is 13.5. The predicted octanol–water partition coefficient (Wildman–Crippen LogP) is 9.13. The molecule has 0 aliphatic heterocycles. The lowest BCUT2D eigenvalue weighted by atomic mass is 10.1. The van der Waals surface area contributed by atoms with Gasteiger partial charge in [-0.1, -0.05) is 127 Å². The number of aliphatic carboxylic acids is 1. The Kier molecular flexibility index (Phi) is 32.6. The first-order valence-electron chi connectivity index (χ1n) is 20.2. The van der Waals surface area contributed by atoms with Crippen LogP contribution in [0.3, 0.4) is 0 Å². The van der Waals surface area contributed by atoms with Crippen molar-refractivity contribution in [2.45, 2.75) is 167 Å². The second-order valence-corrected chi connectivity index (χ2v) is 14.5. The van der Waals surface area contributed by atoms with Gasteiger partial charge < -0.3 is 28.6 Å². The van der Waals surface area contributed by atoms with E-state index in [-0.39, 0.29) is 49.1 Å². The molecule has 51 heavy (non-hydrogen) atoms. The van der Waals surface area contributed by atoms with Gasteiger partial charge in [0.2, 0.25) is 0 Å². The van der Waals surface area contributed by atoms with E-state index >= 15 is 0 Å². The second kappa shape index (κ2) is 34.4. The molecule has 8 nitrogen and oxygen atoms in total. The summed E-state index contributed by atoms with van der Waals surface area (Å²) < 4.78 is 17.0. The molecule has 0 aliphatic carbocycles. The first-order chi connectivity index (χ1) is 24.6. The molecule has 0 fully saturated rings. The van der Waals surface area contributed by atoms with Crippen LogP contribution >= 0.6 is 0 Å². The Labute approximate surface area is 312 Å². The third-order valence-corrected chi connectivity index (χ3v) is 8.71. The molecule has 0 aromatic carbocycles. The molecule has 0 saturated carbocycles. The van der Waals surface area contributed by atoms with Crippen molar-refractivity contribution in [3.8, 4) is 0 Å². The third-order valence-electron chi connectivity index (χ3n) is 8.71. The van der Waals surface area contributed by atoms with Gasteiger partial charge in [0.05, 0.1) is 40.3 Å². The van der Waals surface area contributed by atoms with Crippen LogP contribution < -0.4 is 5.11 Å². The molecule has 0 radical (unpaired) electrons. The van der Waals surface area contributed by atoms with Crippen LogP contribution in [0.4, 0.5) is 0 Å². The SMILES string of the molecule is CC/C=C/C/C=C/C/C=C/CCCCCCCCCCCCC(=O)OCC(COCCC(C(=O)[O-])[N+](C)(C)C)OC(=O)CC/C=C/CCCCC. The van der Waals surface area contributed by atoms with Crippen molar-refractivity contribution in [3.63, 3.8) is 0 Å². The molecule has 0 amide bonds. The molecule has 0 heterocycles. The van der Waals surface area contributed by atoms with E-state index in [0.29, 0.717) is 12.8 Å². The number of esters is 2. The Hall–Kier alpha value is -2.71. The number of carbonyl (C=O) groups is 3. The van der Waals surface area contributed by atoms with Crippen LogP contribution in [0.5, 0.6) is 0 Å². The Bertz CT molecular complexity index is 979. The number of carboxylic acid groups (broad SMARTS) is 1. The van der Waals surface area contributed by atoms with Crippen LogP contribution in [-0.4, -0.2) is 75.5 Å². The number of nitrogens with zero attached hydrogens (tertiary/aromatic N) is 1. The highest BCUT2D eigenvalue weighted by Crippen LogP contribution is 2.13. The second-order valence-electron chi connectivity index (χ2n) is 14.5. The maximum atomic E-state index is 12.5. The lowest BCUT2D eigenvalue weighted by molar-refractivity contribution is -0.889. The third kappa shape index (κ3) is 32.9. The Morgan fingerprint density at radius 1 is 0.608 bits per heavy atom. The van der Waals surface area contributed by atoms with Crippen molar-refractivity contribution in [2.75, 3.05) is 41.0 Å². The summed E-state index contributed by atoms with van der Waals surface area (Å²) in [6, 6.07) is -0.730. The van der Waals surface area contributed by atoms with Gasteiger partial charge >= 0.3 is 11.9 Å². The number of hydrogen-bond acceptors (Lipinski definition) is 7.